The van der Waals surface area contributed by atoms with Crippen LogP contribution >= 0.6 is 0 Å². The second-order valence-corrected chi connectivity index (χ2v) is 4.07. The number of nitrogens with one attached hydrogen (secondary N) is 1. The molecule has 0 fully saturated rings. The van der Waals surface area contributed by atoms with Crippen molar-refractivity contribution in [3.05, 3.63) is 65.5 Å². The Hall–Kier alpha value is -1.67. The van der Waals surface area contributed by atoms with E-state index >= 15 is 0 Å². The van der Waals surface area contributed by atoms with Crippen LogP contribution in [0, 0.1) is 0 Å². The van der Waals surface area contributed by atoms with Crippen molar-refractivity contribution in [2.75, 3.05) is 7.05 Å². The summed E-state index contributed by atoms with van der Waals surface area (Å²) in [4.78, 5) is 4.42. The van der Waals surface area contributed by atoms with Gasteiger partial charge in [-0.2, -0.15) is 0 Å². The van der Waals surface area contributed by atoms with Crippen molar-refractivity contribution in [2.24, 2.45) is 0 Å². The van der Waals surface area contributed by atoms with Crippen LogP contribution in [0.3, 0.4) is 0 Å². The van der Waals surface area contributed by atoms with E-state index in [2.05, 4.69) is 47.6 Å². The van der Waals surface area contributed by atoms with Gasteiger partial charge in [-0.1, -0.05) is 37.3 Å². The van der Waals surface area contributed by atoms with Gasteiger partial charge in [-0.15, -0.1) is 0 Å². The zero-order chi connectivity index (χ0) is 12.1. The van der Waals surface area contributed by atoms with Gasteiger partial charge >= 0.3 is 0 Å². The van der Waals surface area contributed by atoms with Gasteiger partial charge in [-0.3, -0.25) is 4.98 Å². The van der Waals surface area contributed by atoms with E-state index in [0.29, 0.717) is 0 Å². The minimum atomic E-state index is 0.169. The molecular formula is C15H18N2. The van der Waals surface area contributed by atoms with E-state index in [9.17, 15) is 0 Å². The van der Waals surface area contributed by atoms with Crippen LogP contribution in [0.1, 0.15) is 29.8 Å². The first-order valence-corrected chi connectivity index (χ1v) is 6.02. The van der Waals surface area contributed by atoms with Crippen LogP contribution in [0.2, 0.25) is 0 Å². The van der Waals surface area contributed by atoms with Crippen LogP contribution < -0.4 is 5.32 Å². The summed E-state index contributed by atoms with van der Waals surface area (Å²) >= 11 is 0. The molecule has 0 saturated heterocycles. The second kappa shape index (κ2) is 5.60. The molecule has 1 aromatic heterocycles. The SMILES string of the molecule is CCc1cccc(C(NC)c2ccccn2)c1. The summed E-state index contributed by atoms with van der Waals surface area (Å²) in [5.41, 5.74) is 3.69. The second-order valence-electron chi connectivity index (χ2n) is 4.07. The summed E-state index contributed by atoms with van der Waals surface area (Å²) < 4.78 is 0. The van der Waals surface area contributed by atoms with Crippen molar-refractivity contribution in [3.8, 4) is 0 Å². The van der Waals surface area contributed by atoms with Gasteiger partial charge in [0.1, 0.15) is 0 Å². The molecule has 0 saturated carbocycles. The fourth-order valence-corrected chi connectivity index (χ4v) is 2.02. The molecule has 0 amide bonds. The van der Waals surface area contributed by atoms with Crippen LogP contribution in [-0.4, -0.2) is 12.0 Å². The summed E-state index contributed by atoms with van der Waals surface area (Å²) in [5.74, 6) is 0. The van der Waals surface area contributed by atoms with Gasteiger partial charge < -0.3 is 5.32 Å². The molecule has 2 heteroatoms. The summed E-state index contributed by atoms with van der Waals surface area (Å²) in [6, 6.07) is 14.9. The highest BCUT2D eigenvalue weighted by Gasteiger charge is 2.12. The van der Waals surface area contributed by atoms with E-state index in [1.807, 2.05) is 25.4 Å². The summed E-state index contributed by atoms with van der Waals surface area (Å²) in [6.07, 6.45) is 2.90. The molecule has 1 N–H and O–H groups in total. The molecule has 0 aliphatic rings. The monoisotopic (exact) mass is 226 g/mol. The van der Waals surface area contributed by atoms with Gasteiger partial charge in [-0.05, 0) is 36.7 Å². The minimum Gasteiger partial charge on any atom is -0.308 e. The summed E-state index contributed by atoms with van der Waals surface area (Å²) in [7, 11) is 1.97. The number of hydrogen-bond donors (Lipinski definition) is 1. The molecule has 88 valence electrons. The van der Waals surface area contributed by atoms with Crippen molar-refractivity contribution in [2.45, 2.75) is 19.4 Å². The lowest BCUT2D eigenvalue weighted by Gasteiger charge is -2.16. The van der Waals surface area contributed by atoms with Gasteiger partial charge in [0.2, 0.25) is 0 Å². The Morgan fingerprint density at radius 2 is 2.06 bits per heavy atom. The number of pyridine rings is 1. The topological polar surface area (TPSA) is 24.9 Å². The number of aromatic nitrogens is 1. The highest BCUT2D eigenvalue weighted by molar-refractivity contribution is 5.31. The molecule has 2 rings (SSSR count). The Balaban J connectivity index is 2.35. The predicted octanol–water partition coefficient (Wildman–Crippen LogP) is 2.95. The molecule has 2 aromatic rings. The molecule has 1 unspecified atom stereocenters. The van der Waals surface area contributed by atoms with Gasteiger partial charge in [0, 0.05) is 6.20 Å². The van der Waals surface area contributed by atoms with Gasteiger partial charge in [0.25, 0.3) is 0 Å². The van der Waals surface area contributed by atoms with Crippen LogP contribution in [-0.2, 0) is 6.42 Å². The number of nitrogens with zero attached hydrogens (tertiary/aromatic N) is 1. The molecule has 0 aliphatic carbocycles. The predicted molar refractivity (Wildman–Crippen MR) is 71.0 cm³/mol. The van der Waals surface area contributed by atoms with Crippen LogP contribution in [0.25, 0.3) is 0 Å². The smallest absolute Gasteiger partial charge is 0.0749 e. The van der Waals surface area contributed by atoms with Crippen LogP contribution in [0.4, 0.5) is 0 Å². The quantitative estimate of drug-likeness (QED) is 0.867. The standard InChI is InChI=1S/C15H18N2/c1-3-12-7-6-8-13(11-12)15(16-2)14-9-4-5-10-17-14/h4-11,15-16H,3H2,1-2H3. The van der Waals surface area contributed by atoms with E-state index in [4.69, 9.17) is 0 Å². The minimum absolute atomic E-state index is 0.169. The molecule has 1 aromatic carbocycles. The molecule has 17 heavy (non-hydrogen) atoms. The third kappa shape index (κ3) is 2.71. The third-order valence-electron chi connectivity index (χ3n) is 2.96. The Kier molecular flexibility index (Phi) is 3.89. The fourth-order valence-electron chi connectivity index (χ4n) is 2.02. The Bertz CT molecular complexity index is 465. The molecule has 1 heterocycles. The van der Waals surface area contributed by atoms with Crippen molar-refractivity contribution in [1.82, 2.24) is 10.3 Å². The molecule has 2 nitrogen and oxygen atoms in total. The number of benzene rings is 1. The van der Waals surface area contributed by atoms with E-state index in [1.165, 1.54) is 11.1 Å². The van der Waals surface area contributed by atoms with Gasteiger partial charge in [-0.25, -0.2) is 0 Å². The van der Waals surface area contributed by atoms with Gasteiger partial charge in [0.15, 0.2) is 0 Å². The molecule has 1 atom stereocenters. The van der Waals surface area contributed by atoms with Crippen molar-refractivity contribution < 1.29 is 0 Å². The Morgan fingerprint density at radius 1 is 1.18 bits per heavy atom. The average molecular weight is 226 g/mol. The third-order valence-corrected chi connectivity index (χ3v) is 2.96. The normalized spacial score (nSPS) is 12.4. The first-order chi connectivity index (χ1) is 8.35. The van der Waals surface area contributed by atoms with Crippen LogP contribution in [0.5, 0.6) is 0 Å². The number of hydrogen-bond acceptors (Lipinski definition) is 2. The zero-order valence-electron chi connectivity index (χ0n) is 10.4. The maximum atomic E-state index is 4.42. The molecule has 0 bridgehead atoms. The largest absolute Gasteiger partial charge is 0.308 e. The van der Waals surface area contributed by atoms with Crippen LogP contribution in [0.15, 0.2) is 48.7 Å². The highest BCUT2D eigenvalue weighted by Crippen LogP contribution is 2.20. The number of rotatable bonds is 4. The van der Waals surface area contributed by atoms with E-state index in [1.54, 1.807) is 0 Å². The van der Waals surface area contributed by atoms with E-state index in [0.717, 1.165) is 12.1 Å². The Morgan fingerprint density at radius 3 is 2.71 bits per heavy atom. The van der Waals surface area contributed by atoms with Gasteiger partial charge in [0.05, 0.1) is 11.7 Å². The van der Waals surface area contributed by atoms with E-state index in [-0.39, 0.29) is 6.04 Å². The maximum absolute atomic E-state index is 4.42. The highest BCUT2D eigenvalue weighted by atomic mass is 14.9. The van der Waals surface area contributed by atoms with Crippen molar-refractivity contribution >= 4 is 0 Å². The number of aryl methyl sites for hydroxylation is 1. The maximum Gasteiger partial charge on any atom is 0.0749 e. The molecule has 0 radical (unpaired) electrons. The van der Waals surface area contributed by atoms with Crippen molar-refractivity contribution in [3.63, 3.8) is 0 Å². The first-order valence-electron chi connectivity index (χ1n) is 6.02. The molecular weight excluding hydrogens is 208 g/mol. The zero-order valence-corrected chi connectivity index (χ0v) is 10.4. The first kappa shape index (κ1) is 11.8. The Labute approximate surface area is 103 Å². The lowest BCUT2D eigenvalue weighted by Crippen LogP contribution is -2.18. The summed E-state index contributed by atoms with van der Waals surface area (Å²) in [6.45, 7) is 2.17. The lowest BCUT2D eigenvalue weighted by atomic mass is 10.00. The fraction of sp³-hybridized carbons (Fsp3) is 0.267. The molecule has 0 aliphatic heterocycles. The molecule has 0 spiro atoms. The average Bonchev–Trinajstić information content (AvgIpc) is 2.41. The van der Waals surface area contributed by atoms with Crippen molar-refractivity contribution in [1.29, 1.82) is 0 Å². The summed E-state index contributed by atoms with van der Waals surface area (Å²) in [5, 5.41) is 3.32. The van der Waals surface area contributed by atoms with E-state index < -0.39 is 0 Å². The lowest BCUT2D eigenvalue weighted by molar-refractivity contribution is 0.670.